The van der Waals surface area contributed by atoms with Gasteiger partial charge in [-0.1, -0.05) is 35.5 Å². The fraction of sp³-hybridized carbons (Fsp3) is 0.333. The van der Waals surface area contributed by atoms with E-state index in [-0.39, 0.29) is 6.61 Å². The average molecular weight is 233 g/mol. The van der Waals surface area contributed by atoms with E-state index in [0.29, 0.717) is 5.69 Å². The zero-order valence-electron chi connectivity index (χ0n) is 9.87. The van der Waals surface area contributed by atoms with Gasteiger partial charge in [-0.3, -0.25) is 0 Å². The number of hydrogen-bond acceptors (Lipinski definition) is 4. The number of ether oxygens (including phenoxy) is 1. The minimum atomic E-state index is -1.23. The van der Waals surface area contributed by atoms with Crippen molar-refractivity contribution in [3.05, 3.63) is 47.8 Å². The Morgan fingerprint density at radius 2 is 2.06 bits per heavy atom. The first-order chi connectivity index (χ1) is 8.18. The van der Waals surface area contributed by atoms with Gasteiger partial charge in [0, 0.05) is 14.2 Å². The summed E-state index contributed by atoms with van der Waals surface area (Å²) in [5.74, 6) is 0. The average Bonchev–Trinajstić information content (AvgIpc) is 2.77. The molecule has 0 aliphatic rings. The van der Waals surface area contributed by atoms with E-state index in [1.165, 1.54) is 0 Å². The molecule has 1 unspecified atom stereocenters. The molecule has 0 spiro atoms. The molecular weight excluding hydrogens is 218 g/mol. The van der Waals surface area contributed by atoms with E-state index in [4.69, 9.17) is 4.74 Å². The van der Waals surface area contributed by atoms with Gasteiger partial charge in [0.2, 0.25) is 0 Å². The highest BCUT2D eigenvalue weighted by Gasteiger charge is 2.34. The Morgan fingerprint density at radius 1 is 1.35 bits per heavy atom. The smallest absolute Gasteiger partial charge is 0.156 e. The SMILES string of the molecule is COCC(O)(c1ccccc1)c1cnnn1C. The van der Waals surface area contributed by atoms with Crippen LogP contribution in [0.15, 0.2) is 36.5 Å². The molecule has 0 bridgehead atoms. The van der Waals surface area contributed by atoms with Crippen molar-refractivity contribution < 1.29 is 9.84 Å². The zero-order chi connectivity index (χ0) is 12.3. The van der Waals surface area contributed by atoms with Crippen LogP contribution in [0.4, 0.5) is 0 Å². The maximum absolute atomic E-state index is 10.8. The molecule has 0 aliphatic carbocycles. The molecule has 1 aromatic carbocycles. The van der Waals surface area contributed by atoms with Gasteiger partial charge < -0.3 is 9.84 Å². The topological polar surface area (TPSA) is 60.2 Å². The Labute approximate surface area is 99.7 Å². The Balaban J connectivity index is 2.50. The van der Waals surface area contributed by atoms with Crippen LogP contribution in [0.2, 0.25) is 0 Å². The second-order valence-electron chi connectivity index (χ2n) is 3.90. The summed E-state index contributed by atoms with van der Waals surface area (Å²) in [6, 6.07) is 9.36. The summed E-state index contributed by atoms with van der Waals surface area (Å²) in [6.07, 6.45) is 1.55. The van der Waals surface area contributed by atoms with E-state index < -0.39 is 5.60 Å². The van der Waals surface area contributed by atoms with Gasteiger partial charge in [-0.25, -0.2) is 4.68 Å². The predicted molar refractivity (Wildman–Crippen MR) is 62.3 cm³/mol. The monoisotopic (exact) mass is 233 g/mol. The molecule has 0 saturated heterocycles. The molecular formula is C12H15N3O2. The third kappa shape index (κ3) is 2.07. The van der Waals surface area contributed by atoms with Gasteiger partial charge in [-0.15, -0.1) is 5.10 Å². The lowest BCUT2D eigenvalue weighted by Gasteiger charge is -2.27. The summed E-state index contributed by atoms with van der Waals surface area (Å²) in [5, 5.41) is 18.4. The first-order valence-corrected chi connectivity index (χ1v) is 5.30. The highest BCUT2D eigenvalue weighted by Crippen LogP contribution is 2.28. The van der Waals surface area contributed by atoms with Crippen molar-refractivity contribution in [3.8, 4) is 0 Å². The number of nitrogens with zero attached hydrogens (tertiary/aromatic N) is 3. The van der Waals surface area contributed by atoms with Gasteiger partial charge in [-0.05, 0) is 5.56 Å². The van der Waals surface area contributed by atoms with E-state index >= 15 is 0 Å². The summed E-state index contributed by atoms with van der Waals surface area (Å²) in [4.78, 5) is 0. The molecule has 1 aromatic heterocycles. The quantitative estimate of drug-likeness (QED) is 0.844. The molecule has 1 atom stereocenters. The van der Waals surface area contributed by atoms with Crippen molar-refractivity contribution in [2.75, 3.05) is 13.7 Å². The minimum Gasteiger partial charge on any atom is -0.381 e. The minimum absolute atomic E-state index is 0.151. The summed E-state index contributed by atoms with van der Waals surface area (Å²) in [5.41, 5.74) is 0.131. The van der Waals surface area contributed by atoms with E-state index in [2.05, 4.69) is 10.3 Å². The molecule has 0 fully saturated rings. The third-order valence-electron chi connectivity index (χ3n) is 2.74. The summed E-state index contributed by atoms with van der Waals surface area (Å²) in [7, 11) is 3.30. The molecule has 0 radical (unpaired) electrons. The van der Waals surface area contributed by atoms with Crippen LogP contribution in [0.1, 0.15) is 11.3 Å². The van der Waals surface area contributed by atoms with Crippen LogP contribution < -0.4 is 0 Å². The van der Waals surface area contributed by atoms with Crippen molar-refractivity contribution in [2.45, 2.75) is 5.60 Å². The van der Waals surface area contributed by atoms with Crippen molar-refractivity contribution in [2.24, 2.45) is 7.05 Å². The summed E-state index contributed by atoms with van der Waals surface area (Å²) < 4.78 is 6.67. The molecule has 90 valence electrons. The van der Waals surface area contributed by atoms with Gasteiger partial charge in [0.05, 0.1) is 18.5 Å². The standard InChI is InChI=1S/C12H15N3O2/c1-15-11(8-13-14-15)12(16,9-17-2)10-6-4-3-5-7-10/h3-8,16H,9H2,1-2H3. The zero-order valence-corrected chi connectivity index (χ0v) is 9.87. The van der Waals surface area contributed by atoms with Crippen LogP contribution in [0, 0.1) is 0 Å². The first kappa shape index (κ1) is 11.8. The normalized spacial score (nSPS) is 14.5. The molecule has 1 N–H and O–H groups in total. The molecule has 0 aliphatic heterocycles. The van der Waals surface area contributed by atoms with Crippen LogP contribution >= 0.6 is 0 Å². The molecule has 0 saturated carbocycles. The number of benzene rings is 1. The third-order valence-corrected chi connectivity index (χ3v) is 2.74. The number of aliphatic hydroxyl groups is 1. The van der Waals surface area contributed by atoms with Gasteiger partial charge in [-0.2, -0.15) is 0 Å². The summed E-state index contributed by atoms with van der Waals surface area (Å²) in [6.45, 7) is 0.151. The number of methoxy groups -OCH3 is 1. The van der Waals surface area contributed by atoms with E-state index in [1.54, 1.807) is 25.0 Å². The fourth-order valence-corrected chi connectivity index (χ4v) is 1.89. The molecule has 5 heteroatoms. The maximum atomic E-state index is 10.8. The molecule has 2 aromatic rings. The first-order valence-electron chi connectivity index (χ1n) is 5.30. The van der Waals surface area contributed by atoms with Gasteiger partial charge >= 0.3 is 0 Å². The van der Waals surface area contributed by atoms with Crippen molar-refractivity contribution >= 4 is 0 Å². The van der Waals surface area contributed by atoms with Crippen molar-refractivity contribution in [1.82, 2.24) is 15.0 Å². The van der Waals surface area contributed by atoms with Crippen LogP contribution in [0.3, 0.4) is 0 Å². The predicted octanol–water partition coefficient (Wildman–Crippen LogP) is 0.697. The molecule has 1 heterocycles. The number of hydrogen-bond donors (Lipinski definition) is 1. The Kier molecular flexibility index (Phi) is 3.21. The lowest BCUT2D eigenvalue weighted by Crippen LogP contribution is -2.34. The van der Waals surface area contributed by atoms with Crippen LogP contribution in [-0.2, 0) is 17.4 Å². The molecule has 17 heavy (non-hydrogen) atoms. The van der Waals surface area contributed by atoms with Gasteiger partial charge in [0.25, 0.3) is 0 Å². The van der Waals surface area contributed by atoms with E-state index in [0.717, 1.165) is 5.56 Å². The van der Waals surface area contributed by atoms with Crippen LogP contribution in [0.5, 0.6) is 0 Å². The largest absolute Gasteiger partial charge is 0.381 e. The van der Waals surface area contributed by atoms with E-state index in [9.17, 15) is 5.11 Å². The van der Waals surface area contributed by atoms with Gasteiger partial charge in [0.15, 0.2) is 5.60 Å². The van der Waals surface area contributed by atoms with Gasteiger partial charge in [0.1, 0.15) is 0 Å². The second kappa shape index (κ2) is 4.65. The Morgan fingerprint density at radius 3 is 2.59 bits per heavy atom. The Hall–Kier alpha value is -1.72. The maximum Gasteiger partial charge on any atom is 0.156 e. The molecule has 2 rings (SSSR count). The van der Waals surface area contributed by atoms with Crippen LogP contribution in [-0.4, -0.2) is 33.8 Å². The highest BCUT2D eigenvalue weighted by atomic mass is 16.5. The number of rotatable bonds is 4. The second-order valence-corrected chi connectivity index (χ2v) is 3.90. The van der Waals surface area contributed by atoms with Crippen molar-refractivity contribution in [1.29, 1.82) is 0 Å². The van der Waals surface area contributed by atoms with Crippen molar-refractivity contribution in [3.63, 3.8) is 0 Å². The number of aromatic nitrogens is 3. The Bertz CT molecular complexity index is 484. The number of aryl methyl sites for hydroxylation is 1. The lowest BCUT2D eigenvalue weighted by molar-refractivity contribution is -0.00895. The molecule has 0 amide bonds. The van der Waals surface area contributed by atoms with Crippen LogP contribution in [0.25, 0.3) is 0 Å². The fourth-order valence-electron chi connectivity index (χ4n) is 1.89. The summed E-state index contributed by atoms with van der Waals surface area (Å²) >= 11 is 0. The van der Waals surface area contributed by atoms with E-state index in [1.807, 2.05) is 30.3 Å². The molecule has 5 nitrogen and oxygen atoms in total. The highest BCUT2D eigenvalue weighted by molar-refractivity contribution is 5.31. The lowest BCUT2D eigenvalue weighted by atomic mass is 9.91.